The Labute approximate surface area is 172 Å². The number of fused-ring (bicyclic) bond motifs is 2. The fourth-order valence-corrected chi connectivity index (χ4v) is 5.81. The number of carbonyl (C=O) groups is 1. The Bertz CT molecular complexity index is 912. The number of phenolic OH excluding ortho intramolecular Hbond substituents is 1. The summed E-state index contributed by atoms with van der Waals surface area (Å²) in [5.41, 5.74) is 2.98. The molecule has 4 aliphatic rings. The van der Waals surface area contributed by atoms with Crippen molar-refractivity contribution in [2.45, 2.75) is 71.7 Å². The summed E-state index contributed by atoms with van der Waals surface area (Å²) in [5, 5.41) is 10.2. The van der Waals surface area contributed by atoms with E-state index in [9.17, 15) is 9.90 Å². The fraction of sp³-hybridized carbons (Fsp3) is 0.625. The van der Waals surface area contributed by atoms with Gasteiger partial charge in [0, 0.05) is 6.07 Å². The minimum atomic E-state index is -0.762. The lowest BCUT2D eigenvalue weighted by atomic mass is 9.57. The van der Waals surface area contributed by atoms with Crippen LogP contribution in [-0.4, -0.2) is 29.6 Å². The minimum Gasteiger partial charge on any atom is -0.508 e. The first kappa shape index (κ1) is 19.0. The van der Waals surface area contributed by atoms with Crippen LogP contribution in [0.2, 0.25) is 0 Å². The van der Waals surface area contributed by atoms with Crippen LogP contribution in [0, 0.1) is 31.1 Å². The summed E-state index contributed by atoms with van der Waals surface area (Å²) >= 11 is 0. The first-order chi connectivity index (χ1) is 13.8. The quantitative estimate of drug-likeness (QED) is 0.440. The minimum absolute atomic E-state index is 0.136. The molecule has 2 heterocycles. The van der Waals surface area contributed by atoms with E-state index in [1.807, 2.05) is 6.92 Å². The molecule has 0 bridgehead atoms. The van der Waals surface area contributed by atoms with Gasteiger partial charge in [0.2, 0.25) is 0 Å². The molecule has 0 amide bonds. The molecule has 1 saturated heterocycles. The van der Waals surface area contributed by atoms with E-state index in [1.54, 1.807) is 12.5 Å². The van der Waals surface area contributed by atoms with Gasteiger partial charge in [0.05, 0.1) is 6.61 Å². The van der Waals surface area contributed by atoms with Crippen molar-refractivity contribution in [1.29, 1.82) is 0 Å². The Balaban J connectivity index is 1.44. The maximum Gasteiger partial charge on any atom is 0.345 e. The molecule has 156 valence electrons. The number of rotatable bonds is 2. The Morgan fingerprint density at radius 1 is 1.17 bits per heavy atom. The van der Waals surface area contributed by atoms with Gasteiger partial charge in [0.15, 0.2) is 5.60 Å². The molecule has 5 atom stereocenters. The second kappa shape index (κ2) is 6.24. The van der Waals surface area contributed by atoms with E-state index in [0.717, 1.165) is 19.3 Å². The number of hydrogen-bond donors (Lipinski definition) is 1. The average molecular weight is 398 g/mol. The molecule has 2 aliphatic carbocycles. The van der Waals surface area contributed by atoms with Crippen molar-refractivity contribution in [2.24, 2.45) is 17.3 Å². The van der Waals surface area contributed by atoms with E-state index in [2.05, 4.69) is 19.9 Å². The zero-order valence-electron chi connectivity index (χ0n) is 17.7. The van der Waals surface area contributed by atoms with Crippen LogP contribution in [0.1, 0.15) is 67.4 Å². The van der Waals surface area contributed by atoms with Gasteiger partial charge in [-0.3, -0.25) is 0 Å². The summed E-state index contributed by atoms with van der Waals surface area (Å²) in [5.74, 6) is 1.07. The molecule has 1 aromatic rings. The van der Waals surface area contributed by atoms with E-state index in [1.165, 1.54) is 18.9 Å². The van der Waals surface area contributed by atoms with Gasteiger partial charge in [-0.05, 0) is 74.3 Å². The molecule has 0 spiro atoms. The lowest BCUT2D eigenvalue weighted by Crippen LogP contribution is -2.50. The summed E-state index contributed by atoms with van der Waals surface area (Å²) < 4.78 is 17.9. The van der Waals surface area contributed by atoms with Crippen LogP contribution in [0.25, 0.3) is 0 Å². The topological polar surface area (TPSA) is 68.3 Å². The van der Waals surface area contributed by atoms with Crippen molar-refractivity contribution in [1.82, 2.24) is 0 Å². The highest BCUT2D eigenvalue weighted by molar-refractivity contribution is 5.96. The lowest BCUT2D eigenvalue weighted by Gasteiger charge is -2.49. The van der Waals surface area contributed by atoms with Crippen LogP contribution in [0.15, 0.2) is 17.7 Å². The highest BCUT2D eigenvalue weighted by Crippen LogP contribution is 2.58. The second-order valence-electron chi connectivity index (χ2n) is 9.68. The smallest absolute Gasteiger partial charge is 0.345 e. The molecule has 1 N–H and O–H groups in total. The number of ether oxygens (including phenoxy) is 3. The summed E-state index contributed by atoms with van der Waals surface area (Å²) in [7, 11) is 0. The van der Waals surface area contributed by atoms with Gasteiger partial charge in [-0.15, -0.1) is 0 Å². The maximum absolute atomic E-state index is 12.8. The monoisotopic (exact) mass is 398 g/mol. The molecule has 2 fully saturated rings. The maximum atomic E-state index is 12.8. The Morgan fingerprint density at radius 2 is 1.93 bits per heavy atom. The second-order valence-corrected chi connectivity index (χ2v) is 9.68. The number of carbonyl (C=O) groups excluding carboxylic acids is 1. The number of esters is 1. The normalized spacial score (nSPS) is 38.3. The van der Waals surface area contributed by atoms with Crippen LogP contribution >= 0.6 is 0 Å². The summed E-state index contributed by atoms with van der Waals surface area (Å²) in [6.07, 6.45) is 7.22. The predicted octanol–water partition coefficient (Wildman–Crippen LogP) is 4.82. The summed E-state index contributed by atoms with van der Waals surface area (Å²) in [6.45, 7) is 8.89. The fourth-order valence-electron chi connectivity index (χ4n) is 5.81. The predicted molar refractivity (Wildman–Crippen MR) is 108 cm³/mol. The van der Waals surface area contributed by atoms with Crippen LogP contribution in [0.5, 0.6) is 11.5 Å². The van der Waals surface area contributed by atoms with Gasteiger partial charge in [0.1, 0.15) is 17.1 Å². The van der Waals surface area contributed by atoms with Gasteiger partial charge >= 0.3 is 5.97 Å². The molecular weight excluding hydrogens is 368 g/mol. The number of cyclic esters (lactones) is 1. The molecule has 5 nitrogen and oxygen atoms in total. The molecule has 5 heteroatoms. The lowest BCUT2D eigenvalue weighted by molar-refractivity contribution is -0.123. The molecule has 5 rings (SSSR count). The SMILES string of the molecule is Cc1c(O)cc2c(c1C)C(=O)O[C@H]([C@@]1([C@@H]3CCC4=CCC[C@@H](C)[C@]4(C)C3)CO1)O2. The third kappa shape index (κ3) is 2.66. The zero-order valence-corrected chi connectivity index (χ0v) is 17.7. The van der Waals surface area contributed by atoms with E-state index in [0.29, 0.717) is 35.0 Å². The van der Waals surface area contributed by atoms with Crippen LogP contribution in [-0.2, 0) is 9.47 Å². The van der Waals surface area contributed by atoms with Crippen LogP contribution < -0.4 is 4.74 Å². The average Bonchev–Trinajstić information content (AvgIpc) is 3.48. The summed E-state index contributed by atoms with van der Waals surface area (Å²) in [6, 6.07) is 1.54. The summed E-state index contributed by atoms with van der Waals surface area (Å²) in [4.78, 5) is 12.8. The van der Waals surface area contributed by atoms with Gasteiger partial charge in [-0.1, -0.05) is 25.5 Å². The first-order valence-corrected chi connectivity index (χ1v) is 10.8. The molecule has 29 heavy (non-hydrogen) atoms. The Kier molecular flexibility index (Phi) is 4.09. The Hall–Kier alpha value is -2.01. The number of epoxide rings is 1. The molecule has 1 saturated carbocycles. The van der Waals surface area contributed by atoms with E-state index < -0.39 is 11.9 Å². The molecule has 1 aromatic carbocycles. The van der Waals surface area contributed by atoms with E-state index in [4.69, 9.17) is 14.2 Å². The number of benzene rings is 1. The third-order valence-electron chi connectivity index (χ3n) is 8.30. The van der Waals surface area contributed by atoms with Crippen LogP contribution in [0.4, 0.5) is 0 Å². The van der Waals surface area contributed by atoms with Crippen molar-refractivity contribution in [3.63, 3.8) is 0 Å². The van der Waals surface area contributed by atoms with Crippen LogP contribution in [0.3, 0.4) is 0 Å². The van der Waals surface area contributed by atoms with Crippen molar-refractivity contribution in [3.8, 4) is 11.5 Å². The molecular formula is C24H30O5. The Morgan fingerprint density at radius 3 is 2.66 bits per heavy atom. The van der Waals surface area contributed by atoms with Gasteiger partial charge < -0.3 is 19.3 Å². The first-order valence-electron chi connectivity index (χ1n) is 10.8. The zero-order chi connectivity index (χ0) is 20.6. The van der Waals surface area contributed by atoms with Crippen molar-refractivity contribution >= 4 is 5.97 Å². The number of aromatic hydroxyl groups is 1. The van der Waals surface area contributed by atoms with Crippen molar-refractivity contribution < 1.29 is 24.1 Å². The highest BCUT2D eigenvalue weighted by Gasteiger charge is 2.64. The molecule has 0 aromatic heterocycles. The number of phenols is 1. The standard InChI is InChI=1S/C24H30O5/c1-13-6-5-7-16-8-9-17(11-23(13,16)4)24(12-27-24)22-28-19-10-18(25)14(2)15(3)20(19)21(26)29-22/h7,10,13,17,22,25H,5-6,8-9,11-12H2,1-4H3/t13-,17-,22-,23+,24+/m1/s1. The third-order valence-corrected chi connectivity index (χ3v) is 8.30. The van der Waals surface area contributed by atoms with E-state index >= 15 is 0 Å². The molecule has 0 radical (unpaired) electrons. The van der Waals surface area contributed by atoms with Gasteiger partial charge in [-0.2, -0.15) is 0 Å². The highest BCUT2D eigenvalue weighted by atomic mass is 16.7. The van der Waals surface area contributed by atoms with Gasteiger partial charge in [-0.25, -0.2) is 4.79 Å². The molecule has 2 aliphatic heterocycles. The van der Waals surface area contributed by atoms with Gasteiger partial charge in [0.25, 0.3) is 6.29 Å². The number of hydrogen-bond acceptors (Lipinski definition) is 5. The molecule has 0 unspecified atom stereocenters. The number of allylic oxidation sites excluding steroid dienone is 2. The largest absolute Gasteiger partial charge is 0.508 e. The van der Waals surface area contributed by atoms with Crippen molar-refractivity contribution in [2.75, 3.05) is 6.61 Å². The van der Waals surface area contributed by atoms with Crippen molar-refractivity contribution in [3.05, 3.63) is 34.4 Å². The van der Waals surface area contributed by atoms with E-state index in [-0.39, 0.29) is 23.1 Å².